The Balaban J connectivity index is 2.01. The summed E-state index contributed by atoms with van der Waals surface area (Å²) in [6.45, 7) is 3.72. The molecule has 0 aromatic heterocycles. The number of benzene rings is 1. The number of ether oxygens (including phenoxy) is 1. The fraction of sp³-hybridized carbons (Fsp3) is 0.500. The van der Waals surface area contributed by atoms with Gasteiger partial charge in [-0.1, -0.05) is 29.8 Å². The molecule has 0 radical (unpaired) electrons. The van der Waals surface area contributed by atoms with E-state index in [2.05, 4.69) is 6.07 Å². The average Bonchev–Trinajstić information content (AvgIpc) is 2.65. The molecule has 104 valence electrons. The van der Waals surface area contributed by atoms with Gasteiger partial charge >= 0.3 is 6.09 Å². The zero-order valence-electron chi connectivity index (χ0n) is 11.0. The number of thioether (sulfide) groups is 1. The average molecular weight is 300 g/mol. The fourth-order valence-corrected chi connectivity index (χ4v) is 3.75. The predicted octanol–water partition coefficient (Wildman–Crippen LogP) is 3.98. The quantitative estimate of drug-likeness (QED) is 0.827. The Morgan fingerprint density at radius 1 is 1.47 bits per heavy atom. The van der Waals surface area contributed by atoms with Crippen LogP contribution < -0.4 is 0 Å². The number of carbonyl (C=O) groups is 1. The molecule has 0 unspecified atom stereocenters. The summed E-state index contributed by atoms with van der Waals surface area (Å²) in [6.07, 6.45) is 0.704. The largest absolute Gasteiger partial charge is 0.450 e. The molecule has 1 heterocycles. The molecule has 1 amide bonds. The fourth-order valence-electron chi connectivity index (χ4n) is 2.15. The first-order valence-electron chi connectivity index (χ1n) is 6.50. The van der Waals surface area contributed by atoms with Crippen LogP contribution in [-0.4, -0.2) is 36.4 Å². The molecule has 0 saturated carbocycles. The lowest BCUT2D eigenvalue weighted by Crippen LogP contribution is -2.33. The Bertz CT molecular complexity index is 441. The number of nitrogens with zero attached hydrogens (tertiary/aromatic N) is 1. The third-order valence-electron chi connectivity index (χ3n) is 3.12. The number of hydrogen-bond donors (Lipinski definition) is 0. The van der Waals surface area contributed by atoms with Gasteiger partial charge in [0.1, 0.15) is 0 Å². The van der Waals surface area contributed by atoms with Crippen LogP contribution in [0.5, 0.6) is 0 Å². The standard InChI is InChI=1S/C14H18ClNO2S/c1-2-18-14(17)16-8-7-13(19-10-9-16)11-5-3-4-6-12(11)15/h3-6,13H,2,7-10H2,1H3/t13-/m1/s1. The van der Waals surface area contributed by atoms with Crippen molar-refractivity contribution in [1.29, 1.82) is 0 Å². The SMILES string of the molecule is CCOC(=O)N1CCS[C@@H](c2ccccc2Cl)CC1. The minimum Gasteiger partial charge on any atom is -0.450 e. The Kier molecular flexibility index (Phi) is 5.40. The van der Waals surface area contributed by atoms with Crippen LogP contribution in [0.4, 0.5) is 4.79 Å². The molecule has 19 heavy (non-hydrogen) atoms. The van der Waals surface area contributed by atoms with Gasteiger partial charge in [-0.2, -0.15) is 11.8 Å². The van der Waals surface area contributed by atoms with E-state index in [-0.39, 0.29) is 6.09 Å². The van der Waals surface area contributed by atoms with E-state index in [1.54, 1.807) is 4.90 Å². The van der Waals surface area contributed by atoms with Crippen molar-refractivity contribution < 1.29 is 9.53 Å². The van der Waals surface area contributed by atoms with Gasteiger partial charge in [-0.15, -0.1) is 0 Å². The maximum absolute atomic E-state index is 11.7. The third kappa shape index (κ3) is 3.80. The number of rotatable bonds is 2. The lowest BCUT2D eigenvalue weighted by atomic mass is 10.1. The Hall–Kier alpha value is -0.870. The summed E-state index contributed by atoms with van der Waals surface area (Å²) in [7, 11) is 0. The number of hydrogen-bond acceptors (Lipinski definition) is 3. The van der Waals surface area contributed by atoms with Gasteiger partial charge in [0.05, 0.1) is 6.61 Å². The Labute approximate surface area is 123 Å². The lowest BCUT2D eigenvalue weighted by molar-refractivity contribution is 0.110. The summed E-state index contributed by atoms with van der Waals surface area (Å²) in [5, 5.41) is 1.16. The second-order valence-electron chi connectivity index (χ2n) is 4.36. The highest BCUT2D eigenvalue weighted by atomic mass is 35.5. The molecular formula is C14H18ClNO2S. The van der Waals surface area contributed by atoms with Crippen molar-refractivity contribution in [3.63, 3.8) is 0 Å². The van der Waals surface area contributed by atoms with Gasteiger partial charge in [0, 0.05) is 29.1 Å². The van der Waals surface area contributed by atoms with Crippen LogP contribution in [0.15, 0.2) is 24.3 Å². The van der Waals surface area contributed by atoms with Crippen LogP contribution in [0, 0.1) is 0 Å². The molecule has 5 heteroatoms. The second kappa shape index (κ2) is 7.06. The van der Waals surface area contributed by atoms with Crippen LogP contribution in [0.25, 0.3) is 0 Å². The van der Waals surface area contributed by atoms with Gasteiger partial charge < -0.3 is 9.64 Å². The molecule has 0 N–H and O–H groups in total. The van der Waals surface area contributed by atoms with Crippen LogP contribution in [0.2, 0.25) is 5.02 Å². The second-order valence-corrected chi connectivity index (χ2v) is 6.07. The monoisotopic (exact) mass is 299 g/mol. The molecule has 1 aromatic carbocycles. The minimum absolute atomic E-state index is 0.206. The van der Waals surface area contributed by atoms with E-state index >= 15 is 0 Å². The van der Waals surface area contributed by atoms with Gasteiger partial charge in [0.15, 0.2) is 0 Å². The zero-order valence-corrected chi connectivity index (χ0v) is 12.5. The van der Waals surface area contributed by atoms with Crippen molar-refractivity contribution in [2.24, 2.45) is 0 Å². The highest BCUT2D eigenvalue weighted by molar-refractivity contribution is 7.99. The van der Waals surface area contributed by atoms with Gasteiger partial charge in [-0.05, 0) is 25.0 Å². The molecule has 3 nitrogen and oxygen atoms in total. The number of carbonyl (C=O) groups excluding carboxylic acids is 1. The summed E-state index contributed by atoms with van der Waals surface area (Å²) >= 11 is 8.10. The van der Waals surface area contributed by atoms with Gasteiger partial charge in [0.2, 0.25) is 0 Å². The molecule has 0 aliphatic carbocycles. The van der Waals surface area contributed by atoms with Crippen molar-refractivity contribution in [1.82, 2.24) is 4.90 Å². The first kappa shape index (κ1) is 14.5. The van der Waals surface area contributed by atoms with Crippen LogP contribution >= 0.6 is 23.4 Å². The molecule has 1 saturated heterocycles. The maximum atomic E-state index is 11.7. The van der Waals surface area contributed by atoms with E-state index in [1.807, 2.05) is 36.9 Å². The highest BCUT2D eigenvalue weighted by Gasteiger charge is 2.23. The normalized spacial score (nSPS) is 19.9. The Morgan fingerprint density at radius 3 is 3.00 bits per heavy atom. The molecule has 1 atom stereocenters. The highest BCUT2D eigenvalue weighted by Crippen LogP contribution is 2.37. The van der Waals surface area contributed by atoms with Crippen molar-refractivity contribution in [3.8, 4) is 0 Å². The van der Waals surface area contributed by atoms with E-state index in [0.29, 0.717) is 11.9 Å². The van der Waals surface area contributed by atoms with E-state index in [0.717, 1.165) is 30.3 Å². The van der Waals surface area contributed by atoms with Gasteiger partial charge in [0.25, 0.3) is 0 Å². The smallest absolute Gasteiger partial charge is 0.409 e. The summed E-state index contributed by atoms with van der Waals surface area (Å²) < 4.78 is 5.05. The minimum atomic E-state index is -0.206. The predicted molar refractivity (Wildman–Crippen MR) is 79.9 cm³/mol. The van der Waals surface area contributed by atoms with E-state index in [9.17, 15) is 4.79 Å². The molecular weight excluding hydrogens is 282 g/mol. The molecule has 2 rings (SSSR count). The van der Waals surface area contributed by atoms with E-state index < -0.39 is 0 Å². The van der Waals surface area contributed by atoms with Crippen molar-refractivity contribution >= 4 is 29.5 Å². The van der Waals surface area contributed by atoms with Gasteiger partial charge in [-0.3, -0.25) is 0 Å². The third-order valence-corrected chi connectivity index (χ3v) is 4.77. The van der Waals surface area contributed by atoms with Crippen molar-refractivity contribution in [2.75, 3.05) is 25.4 Å². The zero-order chi connectivity index (χ0) is 13.7. The first-order valence-corrected chi connectivity index (χ1v) is 7.92. The topological polar surface area (TPSA) is 29.5 Å². The maximum Gasteiger partial charge on any atom is 0.409 e. The number of halogens is 1. The number of amides is 1. The molecule has 0 spiro atoms. The van der Waals surface area contributed by atoms with Crippen molar-refractivity contribution in [2.45, 2.75) is 18.6 Å². The van der Waals surface area contributed by atoms with Crippen LogP contribution in [-0.2, 0) is 4.74 Å². The van der Waals surface area contributed by atoms with Gasteiger partial charge in [-0.25, -0.2) is 4.79 Å². The van der Waals surface area contributed by atoms with Crippen LogP contribution in [0.3, 0.4) is 0 Å². The summed E-state index contributed by atoms with van der Waals surface area (Å²) in [5.41, 5.74) is 1.17. The first-order chi connectivity index (χ1) is 9.22. The molecule has 1 aliphatic heterocycles. The van der Waals surface area contributed by atoms with E-state index in [4.69, 9.17) is 16.3 Å². The molecule has 0 bridgehead atoms. The van der Waals surface area contributed by atoms with Crippen LogP contribution in [0.1, 0.15) is 24.2 Å². The molecule has 1 aliphatic rings. The molecule has 1 fully saturated rings. The summed E-state index contributed by atoms with van der Waals surface area (Å²) in [5.74, 6) is 0.911. The summed E-state index contributed by atoms with van der Waals surface area (Å²) in [4.78, 5) is 13.5. The summed E-state index contributed by atoms with van der Waals surface area (Å²) in [6, 6.07) is 7.94. The Morgan fingerprint density at radius 2 is 2.26 bits per heavy atom. The van der Waals surface area contributed by atoms with E-state index in [1.165, 1.54) is 5.56 Å². The molecule has 1 aromatic rings. The lowest BCUT2D eigenvalue weighted by Gasteiger charge is -2.19. The van der Waals surface area contributed by atoms with Crippen molar-refractivity contribution in [3.05, 3.63) is 34.9 Å².